The van der Waals surface area contributed by atoms with Crippen LogP contribution in [0.4, 0.5) is 4.79 Å². The second kappa shape index (κ2) is 8.84. The number of nitrogens with one attached hydrogen (secondary N) is 2. The van der Waals surface area contributed by atoms with Crippen molar-refractivity contribution in [3.63, 3.8) is 0 Å². The van der Waals surface area contributed by atoms with Gasteiger partial charge >= 0.3 is 6.03 Å². The smallest absolute Gasteiger partial charge is 0.321 e. The number of carbonyl (C=O) groups is 2. The molecule has 0 aliphatic heterocycles. The SMILES string of the molecule is COCC(C)NC(=O)NC(=O)CSc1ccccc1Cl. The summed E-state index contributed by atoms with van der Waals surface area (Å²) >= 11 is 7.25. The van der Waals surface area contributed by atoms with Crippen LogP contribution < -0.4 is 10.6 Å². The summed E-state index contributed by atoms with van der Waals surface area (Å²) < 4.78 is 4.88. The normalized spacial score (nSPS) is 11.8. The highest BCUT2D eigenvalue weighted by atomic mass is 35.5. The van der Waals surface area contributed by atoms with E-state index in [1.807, 2.05) is 18.2 Å². The van der Waals surface area contributed by atoms with Crippen LogP contribution in [0.3, 0.4) is 0 Å². The Balaban J connectivity index is 2.33. The standard InChI is InChI=1S/C13H17ClN2O3S/c1-9(7-19-2)15-13(18)16-12(17)8-20-11-6-4-3-5-10(11)14/h3-6,9H,7-8H2,1-2H3,(H2,15,16,17,18). The van der Waals surface area contributed by atoms with Crippen LogP contribution in [-0.4, -0.2) is 37.4 Å². The zero-order valence-corrected chi connectivity index (χ0v) is 12.9. The first kappa shape index (κ1) is 16.8. The molecule has 0 fully saturated rings. The van der Waals surface area contributed by atoms with E-state index < -0.39 is 6.03 Å². The van der Waals surface area contributed by atoms with Crippen LogP contribution in [0, 0.1) is 0 Å². The number of urea groups is 1. The average Bonchev–Trinajstić information content (AvgIpc) is 2.37. The molecule has 1 aromatic carbocycles. The largest absolute Gasteiger partial charge is 0.383 e. The fourth-order valence-corrected chi connectivity index (χ4v) is 2.46. The van der Waals surface area contributed by atoms with E-state index in [9.17, 15) is 9.59 Å². The summed E-state index contributed by atoms with van der Waals surface area (Å²) in [6.45, 7) is 2.17. The van der Waals surface area contributed by atoms with Crippen molar-refractivity contribution in [3.05, 3.63) is 29.3 Å². The number of benzene rings is 1. The minimum Gasteiger partial charge on any atom is -0.383 e. The summed E-state index contributed by atoms with van der Waals surface area (Å²) in [6, 6.07) is 6.54. The van der Waals surface area contributed by atoms with Gasteiger partial charge in [-0.3, -0.25) is 10.1 Å². The number of methoxy groups -OCH3 is 1. The topological polar surface area (TPSA) is 67.4 Å². The Labute approximate surface area is 127 Å². The molecule has 0 saturated heterocycles. The third-order valence-corrected chi connectivity index (χ3v) is 3.76. The molecule has 1 rings (SSSR count). The van der Waals surface area contributed by atoms with Crippen molar-refractivity contribution in [1.82, 2.24) is 10.6 Å². The van der Waals surface area contributed by atoms with Gasteiger partial charge in [-0.1, -0.05) is 23.7 Å². The molecular weight excluding hydrogens is 300 g/mol. The third kappa shape index (κ3) is 6.27. The van der Waals surface area contributed by atoms with Crippen LogP contribution >= 0.6 is 23.4 Å². The second-order valence-electron chi connectivity index (χ2n) is 4.10. The first-order chi connectivity index (χ1) is 9.52. The van der Waals surface area contributed by atoms with Crippen molar-refractivity contribution in [2.75, 3.05) is 19.5 Å². The van der Waals surface area contributed by atoms with E-state index in [4.69, 9.17) is 16.3 Å². The van der Waals surface area contributed by atoms with Crippen molar-refractivity contribution in [1.29, 1.82) is 0 Å². The lowest BCUT2D eigenvalue weighted by Gasteiger charge is -2.12. The lowest BCUT2D eigenvalue weighted by Crippen LogP contribution is -2.45. The third-order valence-electron chi connectivity index (χ3n) is 2.24. The summed E-state index contributed by atoms with van der Waals surface area (Å²) in [4.78, 5) is 23.9. The lowest BCUT2D eigenvalue weighted by atomic mass is 10.4. The maximum Gasteiger partial charge on any atom is 0.321 e. The van der Waals surface area contributed by atoms with Gasteiger partial charge in [0.25, 0.3) is 0 Å². The number of halogens is 1. The molecule has 0 aliphatic rings. The van der Waals surface area contributed by atoms with E-state index >= 15 is 0 Å². The predicted octanol–water partition coefficient (Wildman–Crippen LogP) is 2.29. The van der Waals surface area contributed by atoms with Gasteiger partial charge in [-0.2, -0.15) is 0 Å². The molecule has 0 spiro atoms. The molecule has 0 aromatic heterocycles. The maximum atomic E-state index is 11.6. The molecule has 0 aliphatic carbocycles. The Morgan fingerprint density at radius 3 is 2.75 bits per heavy atom. The van der Waals surface area contributed by atoms with Gasteiger partial charge in [-0.05, 0) is 19.1 Å². The number of hydrogen-bond acceptors (Lipinski definition) is 4. The number of ether oxygens (including phenoxy) is 1. The number of thioether (sulfide) groups is 1. The highest BCUT2D eigenvalue weighted by Gasteiger charge is 2.11. The van der Waals surface area contributed by atoms with Crippen LogP contribution in [0.1, 0.15) is 6.92 Å². The Morgan fingerprint density at radius 2 is 2.10 bits per heavy atom. The van der Waals surface area contributed by atoms with Gasteiger partial charge in [-0.25, -0.2) is 4.79 Å². The van der Waals surface area contributed by atoms with E-state index in [1.54, 1.807) is 20.1 Å². The van der Waals surface area contributed by atoms with Crippen molar-refractivity contribution in [3.8, 4) is 0 Å². The molecule has 7 heteroatoms. The molecule has 110 valence electrons. The fraction of sp³-hybridized carbons (Fsp3) is 0.385. The van der Waals surface area contributed by atoms with Gasteiger partial charge in [-0.15, -0.1) is 11.8 Å². The van der Waals surface area contributed by atoms with Gasteiger partial charge in [0.2, 0.25) is 5.91 Å². The summed E-state index contributed by atoms with van der Waals surface area (Å²) in [5, 5.41) is 5.43. The Morgan fingerprint density at radius 1 is 1.40 bits per heavy atom. The average molecular weight is 317 g/mol. The number of carbonyl (C=O) groups excluding carboxylic acids is 2. The molecule has 3 amide bonds. The van der Waals surface area contributed by atoms with Crippen molar-refractivity contribution in [2.24, 2.45) is 0 Å². The molecule has 1 unspecified atom stereocenters. The molecule has 20 heavy (non-hydrogen) atoms. The van der Waals surface area contributed by atoms with E-state index in [2.05, 4.69) is 10.6 Å². The Kier molecular flexibility index (Phi) is 7.43. The quantitative estimate of drug-likeness (QED) is 0.790. The summed E-state index contributed by atoms with van der Waals surface area (Å²) in [6.07, 6.45) is 0. The summed E-state index contributed by atoms with van der Waals surface area (Å²) in [5.74, 6) is -0.257. The van der Waals surface area contributed by atoms with Crippen LogP contribution in [0.15, 0.2) is 29.2 Å². The second-order valence-corrected chi connectivity index (χ2v) is 5.52. The Hall–Kier alpha value is -1.24. The van der Waals surface area contributed by atoms with Gasteiger partial charge in [0.05, 0.1) is 23.4 Å². The first-order valence-electron chi connectivity index (χ1n) is 5.99. The Bertz CT molecular complexity index is 471. The highest BCUT2D eigenvalue weighted by molar-refractivity contribution is 8.00. The minimum absolute atomic E-state index is 0.121. The van der Waals surface area contributed by atoms with E-state index in [1.165, 1.54) is 11.8 Å². The molecule has 5 nitrogen and oxygen atoms in total. The van der Waals surface area contributed by atoms with Crippen molar-refractivity contribution in [2.45, 2.75) is 17.9 Å². The van der Waals surface area contributed by atoms with Crippen LogP contribution in [0.5, 0.6) is 0 Å². The number of rotatable bonds is 6. The first-order valence-corrected chi connectivity index (χ1v) is 7.36. The zero-order chi connectivity index (χ0) is 15.0. The minimum atomic E-state index is -0.528. The molecule has 0 radical (unpaired) electrons. The van der Waals surface area contributed by atoms with Crippen molar-refractivity contribution < 1.29 is 14.3 Å². The van der Waals surface area contributed by atoms with E-state index in [-0.39, 0.29) is 17.7 Å². The van der Waals surface area contributed by atoms with E-state index in [0.29, 0.717) is 11.6 Å². The molecule has 2 N–H and O–H groups in total. The predicted molar refractivity (Wildman–Crippen MR) is 80.2 cm³/mol. The number of imide groups is 1. The molecule has 1 atom stereocenters. The fourth-order valence-electron chi connectivity index (χ4n) is 1.42. The van der Waals surface area contributed by atoms with E-state index in [0.717, 1.165) is 4.90 Å². The van der Waals surface area contributed by atoms with Crippen molar-refractivity contribution >= 4 is 35.3 Å². The van der Waals surface area contributed by atoms with Gasteiger partial charge in [0, 0.05) is 12.0 Å². The monoisotopic (exact) mass is 316 g/mol. The van der Waals surface area contributed by atoms with Gasteiger partial charge in [0.15, 0.2) is 0 Å². The lowest BCUT2D eigenvalue weighted by molar-refractivity contribution is -0.117. The van der Waals surface area contributed by atoms with Crippen LogP contribution in [0.25, 0.3) is 0 Å². The van der Waals surface area contributed by atoms with Gasteiger partial charge in [0.1, 0.15) is 0 Å². The highest BCUT2D eigenvalue weighted by Crippen LogP contribution is 2.26. The zero-order valence-electron chi connectivity index (χ0n) is 11.3. The molecular formula is C13H17ClN2O3S. The van der Waals surface area contributed by atoms with Gasteiger partial charge < -0.3 is 10.1 Å². The summed E-state index contributed by atoms with van der Waals surface area (Å²) in [7, 11) is 1.54. The summed E-state index contributed by atoms with van der Waals surface area (Å²) in [5.41, 5.74) is 0. The van der Waals surface area contributed by atoms with Crippen LogP contribution in [-0.2, 0) is 9.53 Å². The molecule has 0 saturated carbocycles. The maximum absolute atomic E-state index is 11.6. The van der Waals surface area contributed by atoms with Crippen LogP contribution in [0.2, 0.25) is 5.02 Å². The molecule has 0 bridgehead atoms. The number of amides is 3. The molecule has 1 aromatic rings. The number of hydrogen-bond donors (Lipinski definition) is 2. The molecule has 0 heterocycles.